The molecule has 144 valence electrons. The van der Waals surface area contributed by atoms with E-state index < -0.39 is 17.9 Å². The standard InChI is InChI=1S/C19H22ClN3O3S/c1-12(2)9-16(21-17(24)10-13-7-8-27-11-13)19(26)23-22-18(25)14-5-3-4-6-15(14)20/h3-8,11-12,16H,9-10H2,1-2H3,(H,21,24)(H,22,25)(H,23,26). The van der Waals surface area contributed by atoms with Crippen molar-refractivity contribution in [3.63, 3.8) is 0 Å². The third-order valence-electron chi connectivity index (χ3n) is 3.72. The van der Waals surface area contributed by atoms with E-state index >= 15 is 0 Å². The van der Waals surface area contributed by atoms with Gasteiger partial charge in [-0.1, -0.05) is 37.6 Å². The summed E-state index contributed by atoms with van der Waals surface area (Å²) in [5.74, 6) is -1.07. The van der Waals surface area contributed by atoms with Crippen molar-refractivity contribution < 1.29 is 14.4 Å². The van der Waals surface area contributed by atoms with E-state index in [-0.39, 0.29) is 28.8 Å². The zero-order chi connectivity index (χ0) is 19.8. The summed E-state index contributed by atoms with van der Waals surface area (Å²) in [5.41, 5.74) is 5.86. The predicted molar refractivity (Wildman–Crippen MR) is 106 cm³/mol. The number of amides is 3. The van der Waals surface area contributed by atoms with Crippen LogP contribution in [0.4, 0.5) is 0 Å². The number of carbonyl (C=O) groups is 3. The summed E-state index contributed by atoms with van der Waals surface area (Å²) in [6.07, 6.45) is 0.653. The molecule has 6 nitrogen and oxygen atoms in total. The second-order valence-corrected chi connectivity index (χ2v) is 7.67. The number of rotatable bonds is 7. The summed E-state index contributed by atoms with van der Waals surface area (Å²) in [5, 5.41) is 6.81. The zero-order valence-corrected chi connectivity index (χ0v) is 16.7. The molecule has 1 aromatic heterocycles. The van der Waals surface area contributed by atoms with Gasteiger partial charge in [-0.25, -0.2) is 0 Å². The van der Waals surface area contributed by atoms with Gasteiger partial charge < -0.3 is 5.32 Å². The molecule has 0 spiro atoms. The van der Waals surface area contributed by atoms with Crippen LogP contribution in [-0.4, -0.2) is 23.8 Å². The van der Waals surface area contributed by atoms with Crippen LogP contribution in [0.15, 0.2) is 41.1 Å². The van der Waals surface area contributed by atoms with E-state index in [4.69, 9.17) is 11.6 Å². The molecule has 0 fully saturated rings. The molecule has 8 heteroatoms. The number of thiophene rings is 1. The quantitative estimate of drug-likeness (QED) is 0.616. The van der Waals surface area contributed by atoms with Crippen LogP contribution in [0.25, 0.3) is 0 Å². The van der Waals surface area contributed by atoms with Crippen molar-refractivity contribution in [1.82, 2.24) is 16.2 Å². The second-order valence-electron chi connectivity index (χ2n) is 6.48. The number of hydrogen-bond acceptors (Lipinski definition) is 4. The minimum atomic E-state index is -0.748. The Hall–Kier alpha value is -2.38. The van der Waals surface area contributed by atoms with E-state index in [0.717, 1.165) is 5.56 Å². The van der Waals surface area contributed by atoms with Gasteiger partial charge in [0.2, 0.25) is 5.91 Å². The lowest BCUT2D eigenvalue weighted by Gasteiger charge is -2.20. The van der Waals surface area contributed by atoms with E-state index in [1.165, 1.54) is 11.3 Å². The number of hydrazine groups is 1. The Morgan fingerprint density at radius 1 is 1.11 bits per heavy atom. The fraction of sp³-hybridized carbons (Fsp3) is 0.316. The van der Waals surface area contributed by atoms with Crippen molar-refractivity contribution in [2.24, 2.45) is 5.92 Å². The molecular weight excluding hydrogens is 386 g/mol. The van der Waals surface area contributed by atoms with Crippen LogP contribution in [0.5, 0.6) is 0 Å². The Morgan fingerprint density at radius 3 is 2.48 bits per heavy atom. The van der Waals surface area contributed by atoms with Crippen molar-refractivity contribution in [3.8, 4) is 0 Å². The smallest absolute Gasteiger partial charge is 0.271 e. The monoisotopic (exact) mass is 407 g/mol. The van der Waals surface area contributed by atoms with E-state index in [2.05, 4.69) is 16.2 Å². The maximum atomic E-state index is 12.5. The van der Waals surface area contributed by atoms with Gasteiger partial charge in [-0.05, 0) is 46.9 Å². The van der Waals surface area contributed by atoms with Crippen LogP contribution in [0.1, 0.15) is 36.2 Å². The largest absolute Gasteiger partial charge is 0.344 e. The maximum Gasteiger partial charge on any atom is 0.271 e. The van der Waals surface area contributed by atoms with Gasteiger partial charge in [-0.15, -0.1) is 0 Å². The summed E-state index contributed by atoms with van der Waals surface area (Å²) >= 11 is 7.48. The number of nitrogens with one attached hydrogen (secondary N) is 3. The summed E-state index contributed by atoms with van der Waals surface area (Å²) in [6.45, 7) is 3.90. The number of benzene rings is 1. The fourth-order valence-electron chi connectivity index (χ4n) is 2.45. The van der Waals surface area contributed by atoms with Crippen molar-refractivity contribution in [3.05, 3.63) is 57.2 Å². The maximum absolute atomic E-state index is 12.5. The second kappa shape index (κ2) is 10.1. The average molecular weight is 408 g/mol. The number of hydrogen-bond donors (Lipinski definition) is 3. The van der Waals surface area contributed by atoms with Crippen molar-refractivity contribution in [1.29, 1.82) is 0 Å². The number of carbonyl (C=O) groups excluding carboxylic acids is 3. The molecule has 1 aromatic carbocycles. The molecule has 0 aliphatic carbocycles. The molecule has 27 heavy (non-hydrogen) atoms. The van der Waals surface area contributed by atoms with E-state index in [1.54, 1.807) is 24.3 Å². The third kappa shape index (κ3) is 6.69. The first-order valence-electron chi connectivity index (χ1n) is 8.52. The van der Waals surface area contributed by atoms with Crippen LogP contribution in [-0.2, 0) is 16.0 Å². The molecule has 2 rings (SSSR count). The molecule has 3 amide bonds. The van der Waals surface area contributed by atoms with Gasteiger partial charge in [-0.3, -0.25) is 25.2 Å². The van der Waals surface area contributed by atoms with Crippen LogP contribution in [0.3, 0.4) is 0 Å². The first-order valence-corrected chi connectivity index (χ1v) is 9.84. The van der Waals surface area contributed by atoms with Crippen LogP contribution in [0.2, 0.25) is 5.02 Å². The molecule has 1 atom stereocenters. The minimum absolute atomic E-state index is 0.182. The Labute approximate surface area is 167 Å². The van der Waals surface area contributed by atoms with Gasteiger partial charge >= 0.3 is 0 Å². The number of halogens is 1. The van der Waals surface area contributed by atoms with Gasteiger partial charge in [0.05, 0.1) is 17.0 Å². The molecule has 2 aromatic rings. The lowest BCUT2D eigenvalue weighted by Crippen LogP contribution is -2.53. The molecule has 3 N–H and O–H groups in total. The molecule has 0 aliphatic heterocycles. The lowest BCUT2D eigenvalue weighted by molar-refractivity contribution is -0.129. The van der Waals surface area contributed by atoms with E-state index in [0.29, 0.717) is 6.42 Å². The summed E-state index contributed by atoms with van der Waals surface area (Å²) in [4.78, 5) is 36.8. The highest BCUT2D eigenvalue weighted by Crippen LogP contribution is 2.14. The van der Waals surface area contributed by atoms with Crippen molar-refractivity contribution in [2.45, 2.75) is 32.7 Å². The third-order valence-corrected chi connectivity index (χ3v) is 4.78. The van der Waals surface area contributed by atoms with Gasteiger partial charge in [0.1, 0.15) is 6.04 Å². The average Bonchev–Trinajstić information content (AvgIpc) is 3.11. The lowest BCUT2D eigenvalue weighted by atomic mass is 10.0. The summed E-state index contributed by atoms with van der Waals surface area (Å²) < 4.78 is 0. The topological polar surface area (TPSA) is 87.3 Å². The van der Waals surface area contributed by atoms with Gasteiger partial charge in [0.25, 0.3) is 11.8 Å². The molecule has 0 saturated carbocycles. The van der Waals surface area contributed by atoms with Crippen LogP contribution in [0, 0.1) is 5.92 Å². The van der Waals surface area contributed by atoms with E-state index in [9.17, 15) is 14.4 Å². The SMILES string of the molecule is CC(C)CC(NC(=O)Cc1ccsc1)C(=O)NNC(=O)c1ccccc1Cl. The van der Waals surface area contributed by atoms with Gasteiger partial charge in [0.15, 0.2) is 0 Å². The fourth-order valence-corrected chi connectivity index (χ4v) is 3.34. The first kappa shape index (κ1) is 20.9. The minimum Gasteiger partial charge on any atom is -0.344 e. The molecule has 1 unspecified atom stereocenters. The van der Waals surface area contributed by atoms with Crippen LogP contribution >= 0.6 is 22.9 Å². The molecule has 0 saturated heterocycles. The summed E-state index contributed by atoms with van der Waals surface area (Å²) in [6, 6.07) is 7.64. The molecule has 0 radical (unpaired) electrons. The van der Waals surface area contributed by atoms with Crippen LogP contribution < -0.4 is 16.2 Å². The Morgan fingerprint density at radius 2 is 1.85 bits per heavy atom. The highest BCUT2D eigenvalue weighted by molar-refractivity contribution is 7.08. The Kier molecular flexibility index (Phi) is 7.82. The molecular formula is C19H22ClN3O3S. The Bertz CT molecular complexity index is 793. The summed E-state index contributed by atoms with van der Waals surface area (Å²) in [7, 11) is 0. The van der Waals surface area contributed by atoms with Gasteiger partial charge in [-0.2, -0.15) is 11.3 Å². The van der Waals surface area contributed by atoms with Crippen molar-refractivity contribution >= 4 is 40.7 Å². The highest BCUT2D eigenvalue weighted by Gasteiger charge is 2.23. The molecule has 1 heterocycles. The van der Waals surface area contributed by atoms with Crippen molar-refractivity contribution in [2.75, 3.05) is 0 Å². The zero-order valence-electron chi connectivity index (χ0n) is 15.1. The normalized spacial score (nSPS) is 11.7. The first-order chi connectivity index (χ1) is 12.9. The highest BCUT2D eigenvalue weighted by atomic mass is 35.5. The predicted octanol–water partition coefficient (Wildman–Crippen LogP) is 2.94. The molecule has 0 bridgehead atoms. The Balaban J connectivity index is 1.94. The molecule has 0 aliphatic rings. The van der Waals surface area contributed by atoms with E-state index in [1.807, 2.05) is 30.7 Å². The van der Waals surface area contributed by atoms with Gasteiger partial charge in [0, 0.05) is 0 Å².